The molecule has 0 bridgehead atoms. The molecule has 0 saturated carbocycles. The maximum absolute atomic E-state index is 13.4. The predicted octanol–water partition coefficient (Wildman–Crippen LogP) is 2.69. The highest BCUT2D eigenvalue weighted by molar-refractivity contribution is 7.10. The zero-order chi connectivity index (χ0) is 15.5. The van der Waals surface area contributed by atoms with E-state index in [1.54, 1.807) is 5.38 Å². The molecule has 9 heteroatoms. The van der Waals surface area contributed by atoms with Gasteiger partial charge in [0.1, 0.15) is 16.5 Å². The molecule has 2 aromatic heterocycles. The first kappa shape index (κ1) is 21.7. The molecule has 1 amide bonds. The van der Waals surface area contributed by atoms with E-state index in [-0.39, 0.29) is 48.4 Å². The Morgan fingerprint density at radius 3 is 2.74 bits per heavy atom. The number of halogens is 3. The van der Waals surface area contributed by atoms with E-state index >= 15 is 0 Å². The Hall–Kier alpha value is -1.28. The number of nitrogens with zero attached hydrogens (tertiary/aromatic N) is 2. The van der Waals surface area contributed by atoms with E-state index in [0.717, 1.165) is 5.01 Å². The Morgan fingerprint density at radius 2 is 2.13 bits per heavy atom. The van der Waals surface area contributed by atoms with Crippen molar-refractivity contribution in [2.45, 2.75) is 25.8 Å². The van der Waals surface area contributed by atoms with Crippen LogP contribution in [0.4, 0.5) is 4.39 Å². The fourth-order valence-corrected chi connectivity index (χ4v) is 2.52. The molecule has 0 aliphatic heterocycles. The molecule has 0 saturated heterocycles. The average Bonchev–Trinajstić information content (AvgIpc) is 2.97. The van der Waals surface area contributed by atoms with Gasteiger partial charge in [-0.3, -0.25) is 9.78 Å². The van der Waals surface area contributed by atoms with Crippen LogP contribution in [0.15, 0.2) is 23.7 Å². The zero-order valence-corrected chi connectivity index (χ0v) is 15.2. The molecule has 0 radical (unpaired) electrons. The van der Waals surface area contributed by atoms with Gasteiger partial charge in [0, 0.05) is 23.5 Å². The molecule has 0 aliphatic rings. The van der Waals surface area contributed by atoms with Crippen molar-refractivity contribution in [2.75, 3.05) is 6.54 Å². The first-order chi connectivity index (χ1) is 9.94. The number of carbonyl (C=O) groups excluding carboxylic acids is 1. The van der Waals surface area contributed by atoms with E-state index in [1.165, 1.54) is 29.7 Å². The van der Waals surface area contributed by atoms with E-state index in [9.17, 15) is 9.18 Å². The summed E-state index contributed by atoms with van der Waals surface area (Å²) in [6, 6.07) is 2.81. The minimum atomic E-state index is -0.443. The van der Waals surface area contributed by atoms with Crippen molar-refractivity contribution in [1.82, 2.24) is 15.3 Å². The summed E-state index contributed by atoms with van der Waals surface area (Å²) in [5, 5.41) is 5.09. The van der Waals surface area contributed by atoms with Crippen LogP contribution < -0.4 is 11.1 Å². The van der Waals surface area contributed by atoms with Gasteiger partial charge in [-0.15, -0.1) is 36.2 Å². The predicted molar refractivity (Wildman–Crippen MR) is 94.1 cm³/mol. The number of nitrogens with two attached hydrogens (primary N) is 1. The summed E-state index contributed by atoms with van der Waals surface area (Å²) >= 11 is 1.39. The SMILES string of the molecule is CC(C)(CN)c1nc(C(=O)NCc2ncccc2F)cs1.Cl.Cl. The highest BCUT2D eigenvalue weighted by Gasteiger charge is 2.24. The lowest BCUT2D eigenvalue weighted by Gasteiger charge is -2.18. The van der Waals surface area contributed by atoms with Crippen molar-refractivity contribution < 1.29 is 9.18 Å². The number of hydrogen-bond acceptors (Lipinski definition) is 5. The molecular formula is C14H19Cl2FN4OS. The summed E-state index contributed by atoms with van der Waals surface area (Å²) in [5.41, 5.74) is 5.93. The van der Waals surface area contributed by atoms with Crippen molar-refractivity contribution >= 4 is 42.1 Å². The molecular weight excluding hydrogens is 362 g/mol. The van der Waals surface area contributed by atoms with Gasteiger partial charge in [-0.25, -0.2) is 9.37 Å². The van der Waals surface area contributed by atoms with Crippen LogP contribution in [-0.4, -0.2) is 22.4 Å². The number of rotatable bonds is 5. The van der Waals surface area contributed by atoms with Crippen LogP contribution in [0.3, 0.4) is 0 Å². The van der Waals surface area contributed by atoms with Crippen molar-refractivity contribution in [3.63, 3.8) is 0 Å². The second kappa shape index (κ2) is 9.12. The summed E-state index contributed by atoms with van der Waals surface area (Å²) in [4.78, 5) is 20.2. The lowest BCUT2D eigenvalue weighted by atomic mass is 9.95. The molecule has 0 unspecified atom stereocenters. The second-order valence-corrected chi connectivity index (χ2v) is 6.10. The third-order valence-electron chi connectivity index (χ3n) is 3.08. The number of aromatic nitrogens is 2. The maximum atomic E-state index is 13.4. The fraction of sp³-hybridized carbons (Fsp3) is 0.357. The Balaban J connectivity index is 0.00000242. The van der Waals surface area contributed by atoms with E-state index in [1.807, 2.05) is 13.8 Å². The summed E-state index contributed by atoms with van der Waals surface area (Å²) in [7, 11) is 0. The molecule has 0 atom stereocenters. The van der Waals surface area contributed by atoms with E-state index in [4.69, 9.17) is 5.73 Å². The first-order valence-corrected chi connectivity index (χ1v) is 7.35. The van der Waals surface area contributed by atoms with E-state index in [0.29, 0.717) is 12.2 Å². The molecule has 0 aliphatic carbocycles. The minimum absolute atomic E-state index is 0. The van der Waals surface area contributed by atoms with Crippen LogP contribution >= 0.6 is 36.2 Å². The Kier molecular flexibility index (Phi) is 8.61. The maximum Gasteiger partial charge on any atom is 0.271 e. The van der Waals surface area contributed by atoms with Gasteiger partial charge < -0.3 is 11.1 Å². The lowest BCUT2D eigenvalue weighted by molar-refractivity contribution is 0.0945. The van der Waals surface area contributed by atoms with Gasteiger partial charge in [0.25, 0.3) is 5.91 Å². The normalized spacial score (nSPS) is 10.4. The monoisotopic (exact) mass is 380 g/mol. The Bertz CT molecular complexity index is 651. The van der Waals surface area contributed by atoms with E-state index < -0.39 is 5.82 Å². The quantitative estimate of drug-likeness (QED) is 0.835. The molecule has 0 fully saturated rings. The number of hydrogen-bond donors (Lipinski definition) is 2. The summed E-state index contributed by atoms with van der Waals surface area (Å²) in [5.74, 6) is -0.795. The second-order valence-electron chi connectivity index (χ2n) is 5.24. The van der Waals surface area contributed by atoms with Gasteiger partial charge in [-0.1, -0.05) is 13.8 Å². The van der Waals surface area contributed by atoms with Crippen molar-refractivity contribution in [2.24, 2.45) is 5.73 Å². The average molecular weight is 381 g/mol. The van der Waals surface area contributed by atoms with Crippen LogP contribution in [0.5, 0.6) is 0 Å². The number of carbonyl (C=O) groups is 1. The molecule has 0 aromatic carbocycles. The highest BCUT2D eigenvalue weighted by Crippen LogP contribution is 2.25. The molecule has 128 valence electrons. The third kappa shape index (κ3) is 5.39. The standard InChI is InChI=1S/C14H17FN4OS.2ClH/c1-14(2,8-16)13-19-11(7-21-13)12(20)18-6-10-9(15)4-3-5-17-10;;/h3-5,7H,6,8,16H2,1-2H3,(H,18,20);2*1H. The molecule has 2 heterocycles. The molecule has 3 N–H and O–H groups in total. The minimum Gasteiger partial charge on any atom is -0.345 e. The summed E-state index contributed by atoms with van der Waals surface area (Å²) in [6.07, 6.45) is 1.48. The smallest absolute Gasteiger partial charge is 0.271 e. The van der Waals surface area contributed by atoms with Gasteiger partial charge in [0.2, 0.25) is 0 Å². The molecule has 0 spiro atoms. The van der Waals surface area contributed by atoms with Crippen LogP contribution in [0.25, 0.3) is 0 Å². The molecule has 2 aromatic rings. The molecule has 5 nitrogen and oxygen atoms in total. The highest BCUT2D eigenvalue weighted by atomic mass is 35.5. The Labute approximate surface area is 150 Å². The lowest BCUT2D eigenvalue weighted by Crippen LogP contribution is -2.29. The van der Waals surface area contributed by atoms with Crippen molar-refractivity contribution in [3.8, 4) is 0 Å². The van der Waals surface area contributed by atoms with Gasteiger partial charge in [-0.2, -0.15) is 0 Å². The van der Waals surface area contributed by atoms with Crippen molar-refractivity contribution in [3.05, 3.63) is 45.9 Å². The van der Waals surface area contributed by atoms with Gasteiger partial charge in [0.15, 0.2) is 0 Å². The van der Waals surface area contributed by atoms with Gasteiger partial charge in [0.05, 0.1) is 12.2 Å². The number of thiazole rings is 1. The topological polar surface area (TPSA) is 80.9 Å². The van der Waals surface area contributed by atoms with Crippen LogP contribution in [0.2, 0.25) is 0 Å². The summed E-state index contributed by atoms with van der Waals surface area (Å²) in [6.45, 7) is 4.41. The number of pyridine rings is 1. The Morgan fingerprint density at radius 1 is 1.43 bits per heavy atom. The summed E-state index contributed by atoms with van der Waals surface area (Å²) < 4.78 is 13.4. The van der Waals surface area contributed by atoms with Crippen LogP contribution in [0.1, 0.15) is 35.0 Å². The van der Waals surface area contributed by atoms with E-state index in [2.05, 4.69) is 15.3 Å². The van der Waals surface area contributed by atoms with Crippen LogP contribution in [0, 0.1) is 5.82 Å². The molecule has 23 heavy (non-hydrogen) atoms. The van der Waals surface area contributed by atoms with Gasteiger partial charge >= 0.3 is 0 Å². The fourth-order valence-electron chi connectivity index (χ4n) is 1.58. The van der Waals surface area contributed by atoms with Crippen LogP contribution in [-0.2, 0) is 12.0 Å². The zero-order valence-electron chi connectivity index (χ0n) is 12.7. The third-order valence-corrected chi connectivity index (χ3v) is 4.29. The largest absolute Gasteiger partial charge is 0.345 e. The van der Waals surface area contributed by atoms with Crippen molar-refractivity contribution in [1.29, 1.82) is 0 Å². The molecule has 2 rings (SSSR count). The number of amides is 1. The van der Waals surface area contributed by atoms with Gasteiger partial charge in [-0.05, 0) is 12.1 Å². The number of nitrogens with one attached hydrogen (secondary N) is 1. The first-order valence-electron chi connectivity index (χ1n) is 6.47.